The Morgan fingerprint density at radius 1 is 1.04 bits per heavy atom. The van der Waals surface area contributed by atoms with Crippen molar-refractivity contribution >= 4 is 11.6 Å². The van der Waals surface area contributed by atoms with E-state index in [1.165, 1.54) is 6.07 Å². The first kappa shape index (κ1) is 17.2. The molecule has 1 fully saturated rings. The summed E-state index contributed by atoms with van der Waals surface area (Å²) in [5.41, 5.74) is 0.525. The van der Waals surface area contributed by atoms with Crippen LogP contribution in [0.2, 0.25) is 0 Å². The average Bonchev–Trinajstić information content (AvgIpc) is 3.10. The molecule has 0 bridgehead atoms. The Balaban J connectivity index is 1.77. The van der Waals surface area contributed by atoms with Crippen molar-refractivity contribution in [2.45, 2.75) is 31.8 Å². The first-order valence-corrected chi connectivity index (χ1v) is 8.18. The highest BCUT2D eigenvalue weighted by Gasteiger charge is 2.19. The van der Waals surface area contributed by atoms with E-state index in [1.54, 1.807) is 25.3 Å². The molecule has 2 aromatic rings. The largest absolute Gasteiger partial charge is 0.493 e. The van der Waals surface area contributed by atoms with Gasteiger partial charge in [0, 0.05) is 17.3 Å². The number of rotatable bonds is 5. The summed E-state index contributed by atoms with van der Waals surface area (Å²) >= 11 is 0. The van der Waals surface area contributed by atoms with Crippen molar-refractivity contribution in [3.63, 3.8) is 0 Å². The number of carbonyl (C=O) groups is 1. The zero-order chi connectivity index (χ0) is 17.8. The molecule has 0 heterocycles. The molecule has 0 aromatic heterocycles. The van der Waals surface area contributed by atoms with Gasteiger partial charge in [-0.2, -0.15) is 0 Å². The van der Waals surface area contributed by atoms with Gasteiger partial charge >= 0.3 is 0 Å². The molecule has 0 unspecified atom stereocenters. The quantitative estimate of drug-likeness (QED) is 0.863. The van der Waals surface area contributed by atoms with E-state index in [0.717, 1.165) is 37.8 Å². The molecule has 1 aliphatic carbocycles. The number of halogens is 2. The molecule has 0 atom stereocenters. The Morgan fingerprint density at radius 2 is 1.80 bits per heavy atom. The first-order valence-electron chi connectivity index (χ1n) is 8.18. The Labute approximate surface area is 144 Å². The van der Waals surface area contributed by atoms with Crippen LogP contribution in [0, 0.1) is 11.6 Å². The number of carbonyl (C=O) groups excluding carboxylic acids is 1. The van der Waals surface area contributed by atoms with Crippen LogP contribution in [0.25, 0.3) is 0 Å². The number of nitrogens with one attached hydrogen (secondary N) is 1. The fourth-order valence-corrected chi connectivity index (χ4v) is 2.87. The lowest BCUT2D eigenvalue weighted by molar-refractivity contribution is 0.102. The van der Waals surface area contributed by atoms with Crippen molar-refractivity contribution < 1.29 is 23.0 Å². The normalized spacial score (nSPS) is 14.4. The van der Waals surface area contributed by atoms with Crippen LogP contribution in [0.1, 0.15) is 36.0 Å². The zero-order valence-corrected chi connectivity index (χ0v) is 13.9. The third-order valence-electron chi connectivity index (χ3n) is 4.20. The van der Waals surface area contributed by atoms with E-state index in [4.69, 9.17) is 9.47 Å². The van der Waals surface area contributed by atoms with Crippen molar-refractivity contribution in [3.8, 4) is 11.5 Å². The Kier molecular flexibility index (Phi) is 5.16. The van der Waals surface area contributed by atoms with Crippen LogP contribution in [0.15, 0.2) is 36.4 Å². The second-order valence-electron chi connectivity index (χ2n) is 5.97. The lowest BCUT2D eigenvalue weighted by Gasteiger charge is -2.17. The van der Waals surface area contributed by atoms with Crippen LogP contribution in [0.3, 0.4) is 0 Å². The number of benzene rings is 2. The van der Waals surface area contributed by atoms with E-state index in [9.17, 15) is 13.6 Å². The molecule has 0 spiro atoms. The van der Waals surface area contributed by atoms with E-state index in [0.29, 0.717) is 17.2 Å². The van der Waals surface area contributed by atoms with Gasteiger partial charge < -0.3 is 14.8 Å². The molecule has 2 aromatic carbocycles. The summed E-state index contributed by atoms with van der Waals surface area (Å²) in [7, 11) is 1.55. The standard InChI is InChI=1S/C19H19F2NO3/c1-24-17-9-7-13(11-18(17)25-14-4-2-3-5-14)22-19(23)12-6-8-15(20)16(21)10-12/h6-11,14H,2-5H2,1H3,(H,22,23). The summed E-state index contributed by atoms with van der Waals surface area (Å²) in [6, 6.07) is 8.06. The van der Waals surface area contributed by atoms with E-state index < -0.39 is 17.5 Å². The van der Waals surface area contributed by atoms with Gasteiger partial charge in [-0.25, -0.2) is 8.78 Å². The summed E-state index contributed by atoms with van der Waals surface area (Å²) in [4.78, 5) is 12.2. The highest BCUT2D eigenvalue weighted by Crippen LogP contribution is 2.34. The first-order chi connectivity index (χ1) is 12.1. The predicted octanol–water partition coefficient (Wildman–Crippen LogP) is 4.55. The molecule has 1 saturated carbocycles. The summed E-state index contributed by atoms with van der Waals surface area (Å²) in [6.07, 6.45) is 4.41. The molecular formula is C19H19F2NO3. The van der Waals surface area contributed by atoms with Crippen molar-refractivity contribution in [2.24, 2.45) is 0 Å². The SMILES string of the molecule is COc1ccc(NC(=O)c2ccc(F)c(F)c2)cc1OC1CCCC1. The van der Waals surface area contributed by atoms with Crippen molar-refractivity contribution in [2.75, 3.05) is 12.4 Å². The minimum Gasteiger partial charge on any atom is -0.493 e. The third kappa shape index (κ3) is 4.07. The summed E-state index contributed by atoms with van der Waals surface area (Å²) in [6.45, 7) is 0. The molecule has 4 nitrogen and oxygen atoms in total. The van der Waals surface area contributed by atoms with Gasteiger partial charge in [0.1, 0.15) is 0 Å². The minimum atomic E-state index is -1.06. The van der Waals surface area contributed by atoms with Gasteiger partial charge in [-0.3, -0.25) is 4.79 Å². The Hall–Kier alpha value is -2.63. The van der Waals surface area contributed by atoms with E-state index >= 15 is 0 Å². The molecule has 1 aliphatic rings. The number of ether oxygens (including phenoxy) is 2. The maximum atomic E-state index is 13.3. The fourth-order valence-electron chi connectivity index (χ4n) is 2.87. The van der Waals surface area contributed by atoms with Crippen LogP contribution >= 0.6 is 0 Å². The summed E-state index contributed by atoms with van der Waals surface area (Å²) in [5.74, 6) is -1.45. The molecule has 0 radical (unpaired) electrons. The average molecular weight is 347 g/mol. The molecule has 25 heavy (non-hydrogen) atoms. The van der Waals surface area contributed by atoms with E-state index in [-0.39, 0.29) is 11.7 Å². The number of methoxy groups -OCH3 is 1. The third-order valence-corrected chi connectivity index (χ3v) is 4.20. The summed E-state index contributed by atoms with van der Waals surface area (Å²) in [5, 5.41) is 2.66. The topological polar surface area (TPSA) is 47.6 Å². The van der Waals surface area contributed by atoms with Gasteiger partial charge in [0.25, 0.3) is 5.91 Å². The monoisotopic (exact) mass is 347 g/mol. The lowest BCUT2D eigenvalue weighted by atomic mass is 10.2. The Morgan fingerprint density at radius 3 is 2.48 bits per heavy atom. The van der Waals surface area contributed by atoms with Gasteiger partial charge in [0.05, 0.1) is 13.2 Å². The van der Waals surface area contributed by atoms with Crippen molar-refractivity contribution in [3.05, 3.63) is 53.6 Å². The number of anilines is 1. The maximum Gasteiger partial charge on any atom is 0.255 e. The van der Waals surface area contributed by atoms with Crippen LogP contribution in [0.4, 0.5) is 14.5 Å². The molecule has 0 aliphatic heterocycles. The highest BCUT2D eigenvalue weighted by atomic mass is 19.2. The van der Waals surface area contributed by atoms with E-state index in [1.807, 2.05) is 0 Å². The van der Waals surface area contributed by atoms with Gasteiger partial charge in [-0.1, -0.05) is 0 Å². The van der Waals surface area contributed by atoms with Crippen LogP contribution in [0.5, 0.6) is 11.5 Å². The molecule has 6 heteroatoms. The van der Waals surface area contributed by atoms with Crippen LogP contribution < -0.4 is 14.8 Å². The molecule has 0 saturated heterocycles. The zero-order valence-electron chi connectivity index (χ0n) is 13.9. The van der Waals surface area contributed by atoms with Gasteiger partial charge in [0.15, 0.2) is 23.1 Å². The number of hydrogen-bond acceptors (Lipinski definition) is 3. The maximum absolute atomic E-state index is 13.3. The number of hydrogen-bond donors (Lipinski definition) is 1. The smallest absolute Gasteiger partial charge is 0.255 e. The van der Waals surface area contributed by atoms with Crippen LogP contribution in [-0.4, -0.2) is 19.1 Å². The molecule has 1 N–H and O–H groups in total. The van der Waals surface area contributed by atoms with Gasteiger partial charge in [0.2, 0.25) is 0 Å². The van der Waals surface area contributed by atoms with Crippen LogP contribution in [-0.2, 0) is 0 Å². The molecule has 1 amide bonds. The second kappa shape index (κ2) is 7.51. The molecule has 3 rings (SSSR count). The van der Waals surface area contributed by atoms with Gasteiger partial charge in [-0.05, 0) is 56.0 Å². The number of amides is 1. The summed E-state index contributed by atoms with van der Waals surface area (Å²) < 4.78 is 37.5. The van der Waals surface area contributed by atoms with Crippen molar-refractivity contribution in [1.82, 2.24) is 0 Å². The lowest BCUT2D eigenvalue weighted by Crippen LogP contribution is -2.14. The molecule has 132 valence electrons. The predicted molar refractivity (Wildman–Crippen MR) is 90.2 cm³/mol. The van der Waals surface area contributed by atoms with Gasteiger partial charge in [-0.15, -0.1) is 0 Å². The highest BCUT2D eigenvalue weighted by molar-refractivity contribution is 6.04. The minimum absolute atomic E-state index is 0.0352. The van der Waals surface area contributed by atoms with E-state index in [2.05, 4.69) is 5.32 Å². The molecular weight excluding hydrogens is 328 g/mol. The second-order valence-corrected chi connectivity index (χ2v) is 5.97. The Bertz CT molecular complexity index is 773. The fraction of sp³-hybridized carbons (Fsp3) is 0.316. The van der Waals surface area contributed by atoms with Crippen molar-refractivity contribution in [1.29, 1.82) is 0 Å².